The Morgan fingerprint density at radius 2 is 1.82 bits per heavy atom. The Morgan fingerprint density at radius 3 is 2.41 bits per heavy atom. The van der Waals surface area contributed by atoms with Gasteiger partial charge in [-0.2, -0.15) is 0 Å². The van der Waals surface area contributed by atoms with Crippen LogP contribution in [0, 0.1) is 5.92 Å². The topological polar surface area (TPSA) is 12.0 Å². The minimum absolute atomic E-state index is 0.206. The fourth-order valence-electron chi connectivity index (χ4n) is 2.17. The van der Waals surface area contributed by atoms with Gasteiger partial charge in [0.1, 0.15) is 0 Å². The Labute approximate surface area is 107 Å². The second-order valence-electron chi connectivity index (χ2n) is 6.07. The molecule has 1 N–H and O–H groups in total. The Bertz CT molecular complexity index is 336. The molecular weight excluding hydrogens is 206 g/mol. The highest BCUT2D eigenvalue weighted by Gasteiger charge is 2.17. The summed E-state index contributed by atoms with van der Waals surface area (Å²) in [5, 5.41) is 3.60. The normalized spacial score (nSPS) is 13.5. The summed E-state index contributed by atoms with van der Waals surface area (Å²) < 4.78 is 0. The second-order valence-corrected chi connectivity index (χ2v) is 6.07. The van der Waals surface area contributed by atoms with Gasteiger partial charge >= 0.3 is 0 Å². The Morgan fingerprint density at radius 1 is 1.18 bits per heavy atom. The number of hydrogen-bond acceptors (Lipinski definition) is 1. The molecule has 0 aliphatic carbocycles. The van der Waals surface area contributed by atoms with Gasteiger partial charge in [0.25, 0.3) is 0 Å². The van der Waals surface area contributed by atoms with Crippen molar-refractivity contribution in [3.05, 3.63) is 29.8 Å². The Kier molecular flexibility index (Phi) is 5.04. The van der Waals surface area contributed by atoms with Gasteiger partial charge in [0.2, 0.25) is 0 Å². The molecule has 0 aliphatic heterocycles. The summed E-state index contributed by atoms with van der Waals surface area (Å²) in [5.41, 5.74) is 2.91. The Balaban J connectivity index is 2.71. The summed E-state index contributed by atoms with van der Waals surface area (Å²) in [6.07, 6.45) is 2.56. The quantitative estimate of drug-likeness (QED) is 0.768. The van der Waals surface area contributed by atoms with E-state index in [1.54, 1.807) is 0 Å². The lowest BCUT2D eigenvalue weighted by atomic mass is 9.85. The molecule has 0 saturated heterocycles. The Hall–Kier alpha value is -0.980. The van der Waals surface area contributed by atoms with Gasteiger partial charge in [0, 0.05) is 12.2 Å². The first-order valence-electron chi connectivity index (χ1n) is 6.78. The van der Waals surface area contributed by atoms with E-state index in [0.29, 0.717) is 0 Å². The molecule has 1 nitrogen and oxygen atoms in total. The molecule has 0 aromatic heterocycles. The van der Waals surface area contributed by atoms with Crippen LogP contribution in [0.1, 0.15) is 53.0 Å². The van der Waals surface area contributed by atoms with Crippen LogP contribution in [0.2, 0.25) is 0 Å². The van der Waals surface area contributed by atoms with E-state index in [-0.39, 0.29) is 5.41 Å². The van der Waals surface area contributed by atoms with Crippen molar-refractivity contribution in [1.82, 2.24) is 0 Å². The summed E-state index contributed by atoms with van der Waals surface area (Å²) in [6.45, 7) is 12.4. The molecule has 0 heterocycles. The van der Waals surface area contributed by atoms with Crippen molar-refractivity contribution >= 4 is 5.69 Å². The molecule has 0 amide bonds. The maximum atomic E-state index is 3.60. The highest BCUT2D eigenvalue weighted by atomic mass is 14.9. The molecule has 1 aromatic rings. The molecule has 17 heavy (non-hydrogen) atoms. The number of anilines is 1. The van der Waals surface area contributed by atoms with Crippen molar-refractivity contribution in [2.75, 3.05) is 11.9 Å². The molecular formula is C16H27N. The molecule has 1 atom stereocenters. The van der Waals surface area contributed by atoms with Crippen molar-refractivity contribution in [1.29, 1.82) is 0 Å². The molecule has 0 saturated carbocycles. The second kappa shape index (κ2) is 6.09. The third-order valence-electron chi connectivity index (χ3n) is 3.16. The number of hydrogen-bond donors (Lipinski definition) is 1. The van der Waals surface area contributed by atoms with E-state index in [1.807, 2.05) is 0 Å². The molecule has 0 radical (unpaired) electrons. The van der Waals surface area contributed by atoms with Crippen LogP contribution >= 0.6 is 0 Å². The standard InChI is InChI=1S/C16H27N/c1-6-9-13(2)12-17-15-11-8-7-10-14(15)16(3,4)5/h7-8,10-11,13,17H,6,9,12H2,1-5H3. The summed E-state index contributed by atoms with van der Waals surface area (Å²) >= 11 is 0. The number of nitrogens with one attached hydrogen (secondary N) is 1. The first-order valence-corrected chi connectivity index (χ1v) is 6.78. The van der Waals surface area contributed by atoms with Gasteiger partial charge in [0.05, 0.1) is 0 Å². The van der Waals surface area contributed by atoms with E-state index in [2.05, 4.69) is 64.2 Å². The van der Waals surface area contributed by atoms with Crippen LogP contribution in [0.15, 0.2) is 24.3 Å². The van der Waals surface area contributed by atoms with Gasteiger partial charge in [-0.3, -0.25) is 0 Å². The third-order valence-corrected chi connectivity index (χ3v) is 3.16. The first kappa shape index (κ1) is 14.1. The molecule has 96 valence electrons. The van der Waals surface area contributed by atoms with Gasteiger partial charge in [-0.1, -0.05) is 59.2 Å². The van der Waals surface area contributed by atoms with E-state index < -0.39 is 0 Å². The fourth-order valence-corrected chi connectivity index (χ4v) is 2.17. The lowest BCUT2D eigenvalue weighted by Crippen LogP contribution is -2.17. The molecule has 0 aliphatic rings. The van der Waals surface area contributed by atoms with Gasteiger partial charge in [0.15, 0.2) is 0 Å². The molecule has 0 bridgehead atoms. The molecule has 1 aromatic carbocycles. The highest BCUT2D eigenvalue weighted by molar-refractivity contribution is 5.54. The van der Waals surface area contributed by atoms with Crippen molar-refractivity contribution in [3.8, 4) is 0 Å². The summed E-state index contributed by atoms with van der Waals surface area (Å²) in [5.74, 6) is 0.744. The van der Waals surface area contributed by atoms with Crippen LogP contribution in [-0.4, -0.2) is 6.54 Å². The maximum Gasteiger partial charge on any atom is 0.0378 e. The monoisotopic (exact) mass is 233 g/mol. The molecule has 0 fully saturated rings. The number of para-hydroxylation sites is 1. The van der Waals surface area contributed by atoms with Gasteiger partial charge < -0.3 is 5.32 Å². The molecule has 0 spiro atoms. The zero-order valence-electron chi connectivity index (χ0n) is 12.0. The zero-order valence-corrected chi connectivity index (χ0v) is 12.0. The smallest absolute Gasteiger partial charge is 0.0378 e. The average Bonchev–Trinajstić information content (AvgIpc) is 2.26. The summed E-state index contributed by atoms with van der Waals surface area (Å²) in [7, 11) is 0. The van der Waals surface area contributed by atoms with Crippen LogP contribution in [0.4, 0.5) is 5.69 Å². The molecule has 1 heteroatoms. The van der Waals surface area contributed by atoms with Crippen molar-refractivity contribution < 1.29 is 0 Å². The minimum Gasteiger partial charge on any atom is -0.385 e. The van der Waals surface area contributed by atoms with Gasteiger partial charge in [-0.15, -0.1) is 0 Å². The zero-order chi connectivity index (χ0) is 12.9. The maximum absolute atomic E-state index is 3.60. The van der Waals surface area contributed by atoms with Crippen molar-refractivity contribution in [3.63, 3.8) is 0 Å². The summed E-state index contributed by atoms with van der Waals surface area (Å²) in [4.78, 5) is 0. The molecule has 1 rings (SSSR count). The van der Waals surface area contributed by atoms with Crippen LogP contribution in [0.25, 0.3) is 0 Å². The summed E-state index contributed by atoms with van der Waals surface area (Å²) in [6, 6.07) is 8.66. The van der Waals surface area contributed by atoms with Crippen LogP contribution in [-0.2, 0) is 5.41 Å². The van der Waals surface area contributed by atoms with Crippen molar-refractivity contribution in [2.24, 2.45) is 5.92 Å². The van der Waals surface area contributed by atoms with E-state index in [4.69, 9.17) is 0 Å². The van der Waals surface area contributed by atoms with Gasteiger partial charge in [-0.05, 0) is 29.4 Å². The van der Waals surface area contributed by atoms with Crippen LogP contribution < -0.4 is 5.32 Å². The SMILES string of the molecule is CCCC(C)CNc1ccccc1C(C)(C)C. The fraction of sp³-hybridized carbons (Fsp3) is 0.625. The number of benzene rings is 1. The molecule has 1 unspecified atom stereocenters. The number of rotatable bonds is 5. The van der Waals surface area contributed by atoms with Crippen LogP contribution in [0.5, 0.6) is 0 Å². The first-order chi connectivity index (χ1) is 7.95. The minimum atomic E-state index is 0.206. The van der Waals surface area contributed by atoms with E-state index in [9.17, 15) is 0 Å². The predicted octanol–water partition coefficient (Wildman–Crippen LogP) is 4.83. The van der Waals surface area contributed by atoms with Crippen LogP contribution in [0.3, 0.4) is 0 Å². The highest BCUT2D eigenvalue weighted by Crippen LogP contribution is 2.29. The largest absolute Gasteiger partial charge is 0.385 e. The third kappa shape index (κ3) is 4.41. The van der Waals surface area contributed by atoms with E-state index in [1.165, 1.54) is 24.1 Å². The average molecular weight is 233 g/mol. The lowest BCUT2D eigenvalue weighted by Gasteiger charge is -2.24. The van der Waals surface area contributed by atoms with E-state index >= 15 is 0 Å². The van der Waals surface area contributed by atoms with Crippen molar-refractivity contribution in [2.45, 2.75) is 52.9 Å². The predicted molar refractivity (Wildman–Crippen MR) is 77.7 cm³/mol. The lowest BCUT2D eigenvalue weighted by molar-refractivity contribution is 0.547. The van der Waals surface area contributed by atoms with Gasteiger partial charge in [-0.25, -0.2) is 0 Å². The van der Waals surface area contributed by atoms with E-state index in [0.717, 1.165) is 12.5 Å².